The lowest BCUT2D eigenvalue weighted by Gasteiger charge is -2.35. The van der Waals surface area contributed by atoms with Crippen LogP contribution in [0.4, 0.5) is 0 Å². The summed E-state index contributed by atoms with van der Waals surface area (Å²) >= 11 is 1.48. The van der Waals surface area contributed by atoms with Gasteiger partial charge in [-0.1, -0.05) is 12.8 Å². The molecule has 128 valence electrons. The lowest BCUT2D eigenvalue weighted by Crippen LogP contribution is -2.49. The Labute approximate surface area is 144 Å². The number of thiazole rings is 1. The highest BCUT2D eigenvalue weighted by Crippen LogP contribution is 2.27. The van der Waals surface area contributed by atoms with E-state index in [1.165, 1.54) is 24.2 Å². The zero-order valence-electron chi connectivity index (χ0n) is 13.7. The fourth-order valence-corrected chi connectivity index (χ4v) is 4.49. The molecule has 4 rings (SSSR count). The summed E-state index contributed by atoms with van der Waals surface area (Å²) in [6.45, 7) is 3.95. The van der Waals surface area contributed by atoms with Crippen LogP contribution in [0, 0.1) is 5.92 Å². The number of nitrogens with zero attached hydrogens (tertiary/aromatic N) is 4. The van der Waals surface area contributed by atoms with Gasteiger partial charge in [-0.2, -0.15) is 0 Å². The third kappa shape index (κ3) is 3.10. The van der Waals surface area contributed by atoms with Crippen LogP contribution in [0.25, 0.3) is 4.96 Å². The molecule has 0 radical (unpaired) electrons. The minimum Gasteiger partial charge on any atom is -0.340 e. The van der Waals surface area contributed by atoms with Crippen LogP contribution >= 0.6 is 11.3 Å². The van der Waals surface area contributed by atoms with E-state index in [4.69, 9.17) is 0 Å². The van der Waals surface area contributed by atoms with Crippen LogP contribution in [-0.4, -0.2) is 51.3 Å². The van der Waals surface area contributed by atoms with E-state index in [0.717, 1.165) is 49.7 Å². The zero-order chi connectivity index (χ0) is 16.5. The number of carbonyl (C=O) groups excluding carboxylic acids is 1. The van der Waals surface area contributed by atoms with Gasteiger partial charge in [0.2, 0.25) is 5.91 Å². The topological polar surface area (TPSA) is 57.9 Å². The molecule has 0 N–H and O–H groups in total. The molecule has 3 heterocycles. The molecule has 0 unspecified atom stereocenters. The Morgan fingerprint density at radius 3 is 2.71 bits per heavy atom. The van der Waals surface area contributed by atoms with Gasteiger partial charge >= 0.3 is 0 Å². The van der Waals surface area contributed by atoms with Crippen LogP contribution in [0.5, 0.6) is 0 Å². The van der Waals surface area contributed by atoms with Gasteiger partial charge in [-0.15, -0.1) is 11.3 Å². The fraction of sp³-hybridized carbons (Fsp3) is 0.588. The second-order valence-electron chi connectivity index (χ2n) is 6.72. The Morgan fingerprint density at radius 2 is 1.96 bits per heavy atom. The Morgan fingerprint density at radius 1 is 1.21 bits per heavy atom. The van der Waals surface area contributed by atoms with Crippen LogP contribution in [0.3, 0.4) is 0 Å². The first-order chi connectivity index (χ1) is 11.7. The molecule has 1 aliphatic carbocycles. The van der Waals surface area contributed by atoms with Gasteiger partial charge in [0, 0.05) is 56.3 Å². The molecule has 1 saturated heterocycles. The molecule has 2 aliphatic rings. The first-order valence-electron chi connectivity index (χ1n) is 8.67. The Balaban J connectivity index is 1.37. The standard InChI is InChI=1S/C17H22N4O2S/c22-15-11-14(18-17-21(15)9-10-24-17)12-19-5-7-20(8-6-19)16(23)13-3-1-2-4-13/h9-11,13H,1-8,12H2. The zero-order valence-corrected chi connectivity index (χ0v) is 14.5. The molecule has 1 aliphatic heterocycles. The molecule has 2 fully saturated rings. The van der Waals surface area contributed by atoms with Crippen molar-refractivity contribution in [2.45, 2.75) is 32.2 Å². The molecule has 0 atom stereocenters. The molecular weight excluding hydrogens is 324 g/mol. The van der Waals surface area contributed by atoms with Crippen LogP contribution in [0.1, 0.15) is 31.4 Å². The van der Waals surface area contributed by atoms with Crippen molar-refractivity contribution in [3.05, 3.63) is 33.7 Å². The first kappa shape index (κ1) is 15.8. The van der Waals surface area contributed by atoms with Crippen molar-refractivity contribution in [2.24, 2.45) is 5.92 Å². The van der Waals surface area contributed by atoms with E-state index < -0.39 is 0 Å². The van der Waals surface area contributed by atoms with Crippen molar-refractivity contribution in [1.29, 1.82) is 0 Å². The lowest BCUT2D eigenvalue weighted by atomic mass is 10.1. The maximum absolute atomic E-state index is 12.5. The molecule has 2 aromatic rings. The van der Waals surface area contributed by atoms with E-state index in [0.29, 0.717) is 12.5 Å². The third-order valence-electron chi connectivity index (χ3n) is 5.13. The Hall–Kier alpha value is -1.73. The summed E-state index contributed by atoms with van der Waals surface area (Å²) < 4.78 is 1.58. The summed E-state index contributed by atoms with van der Waals surface area (Å²) in [5, 5.41) is 1.88. The molecule has 6 nitrogen and oxygen atoms in total. The van der Waals surface area contributed by atoms with Gasteiger partial charge in [-0.05, 0) is 12.8 Å². The van der Waals surface area contributed by atoms with Crippen molar-refractivity contribution in [1.82, 2.24) is 19.2 Å². The maximum Gasteiger partial charge on any atom is 0.258 e. The summed E-state index contributed by atoms with van der Waals surface area (Å²) in [6, 6.07) is 1.62. The minimum absolute atomic E-state index is 0.0219. The highest BCUT2D eigenvalue weighted by Gasteiger charge is 2.29. The number of hydrogen-bond donors (Lipinski definition) is 0. The quantitative estimate of drug-likeness (QED) is 0.847. The number of fused-ring (bicyclic) bond motifs is 1. The van der Waals surface area contributed by atoms with E-state index in [1.807, 2.05) is 10.3 Å². The van der Waals surface area contributed by atoms with E-state index >= 15 is 0 Å². The fourth-order valence-electron chi connectivity index (χ4n) is 3.76. The second-order valence-corrected chi connectivity index (χ2v) is 7.60. The molecule has 0 bridgehead atoms. The largest absolute Gasteiger partial charge is 0.340 e. The van der Waals surface area contributed by atoms with Crippen LogP contribution in [-0.2, 0) is 11.3 Å². The molecule has 1 saturated carbocycles. The molecular formula is C17H22N4O2S. The molecule has 24 heavy (non-hydrogen) atoms. The molecule has 0 spiro atoms. The van der Waals surface area contributed by atoms with Crippen LogP contribution < -0.4 is 5.56 Å². The summed E-state index contributed by atoms with van der Waals surface area (Å²) in [5.41, 5.74) is 0.796. The highest BCUT2D eigenvalue weighted by molar-refractivity contribution is 7.15. The molecule has 7 heteroatoms. The molecule has 0 aromatic carbocycles. The summed E-state index contributed by atoms with van der Waals surface area (Å²) in [5.74, 6) is 0.614. The number of hydrogen-bond acceptors (Lipinski definition) is 5. The van der Waals surface area contributed by atoms with Gasteiger partial charge in [0.15, 0.2) is 4.96 Å². The first-order valence-corrected chi connectivity index (χ1v) is 9.55. The van der Waals surface area contributed by atoms with Crippen molar-refractivity contribution in [2.75, 3.05) is 26.2 Å². The Kier molecular flexibility index (Phi) is 4.37. The summed E-state index contributed by atoms with van der Waals surface area (Å²) in [4.78, 5) is 34.1. The van der Waals surface area contributed by atoms with Gasteiger partial charge in [-0.3, -0.25) is 18.9 Å². The number of piperazine rings is 1. The van der Waals surface area contributed by atoms with Crippen LogP contribution in [0.15, 0.2) is 22.4 Å². The number of carbonyl (C=O) groups is 1. The van der Waals surface area contributed by atoms with E-state index in [2.05, 4.69) is 9.88 Å². The number of rotatable bonds is 3. The van der Waals surface area contributed by atoms with Crippen molar-refractivity contribution in [3.63, 3.8) is 0 Å². The summed E-state index contributed by atoms with van der Waals surface area (Å²) in [7, 11) is 0. The van der Waals surface area contributed by atoms with Gasteiger partial charge in [0.25, 0.3) is 5.56 Å². The second kappa shape index (κ2) is 6.64. The van der Waals surface area contributed by atoms with E-state index in [-0.39, 0.29) is 11.5 Å². The van der Waals surface area contributed by atoms with Crippen molar-refractivity contribution >= 4 is 22.2 Å². The normalized spacial score (nSPS) is 20.1. The predicted molar refractivity (Wildman–Crippen MR) is 93.2 cm³/mol. The maximum atomic E-state index is 12.5. The smallest absolute Gasteiger partial charge is 0.258 e. The monoisotopic (exact) mass is 346 g/mol. The van der Waals surface area contributed by atoms with Crippen molar-refractivity contribution < 1.29 is 4.79 Å². The Bertz CT molecular complexity index is 785. The van der Waals surface area contributed by atoms with E-state index in [9.17, 15) is 9.59 Å². The predicted octanol–water partition coefficient (Wildman–Crippen LogP) is 1.59. The highest BCUT2D eigenvalue weighted by atomic mass is 32.1. The van der Waals surface area contributed by atoms with Gasteiger partial charge in [0.1, 0.15) is 0 Å². The number of aromatic nitrogens is 2. The third-order valence-corrected chi connectivity index (χ3v) is 5.89. The van der Waals surface area contributed by atoms with Gasteiger partial charge in [-0.25, -0.2) is 4.98 Å². The van der Waals surface area contributed by atoms with Crippen molar-refractivity contribution in [3.8, 4) is 0 Å². The minimum atomic E-state index is -0.0219. The molecule has 2 aromatic heterocycles. The van der Waals surface area contributed by atoms with E-state index in [1.54, 1.807) is 16.7 Å². The number of amides is 1. The average molecular weight is 346 g/mol. The SMILES string of the molecule is O=C(C1CCCC1)N1CCN(Cc2cc(=O)n3ccsc3n2)CC1. The van der Waals surface area contributed by atoms with Gasteiger partial charge in [0.05, 0.1) is 5.69 Å². The van der Waals surface area contributed by atoms with Crippen LogP contribution in [0.2, 0.25) is 0 Å². The van der Waals surface area contributed by atoms with Gasteiger partial charge < -0.3 is 4.90 Å². The average Bonchev–Trinajstić information content (AvgIpc) is 3.26. The lowest BCUT2D eigenvalue weighted by molar-refractivity contribution is -0.137. The molecule has 1 amide bonds. The summed E-state index contributed by atoms with van der Waals surface area (Å²) in [6.07, 6.45) is 6.28.